The number of alkyl halides is 3. The fourth-order valence-corrected chi connectivity index (χ4v) is 5.83. The first-order chi connectivity index (χ1) is 17.9. The van der Waals surface area contributed by atoms with E-state index in [9.17, 15) is 43.6 Å². The number of halogens is 5. The molecule has 2 aromatic carbocycles. The lowest BCUT2D eigenvalue weighted by atomic mass is 10.1. The van der Waals surface area contributed by atoms with Crippen molar-refractivity contribution in [2.75, 3.05) is 23.7 Å². The summed E-state index contributed by atoms with van der Waals surface area (Å²) in [6.45, 7) is 0.912. The molecule has 1 aliphatic heterocycles. The van der Waals surface area contributed by atoms with E-state index in [0.717, 1.165) is 10.4 Å². The van der Waals surface area contributed by atoms with Crippen molar-refractivity contribution in [3.63, 3.8) is 0 Å². The van der Waals surface area contributed by atoms with Crippen molar-refractivity contribution in [2.45, 2.75) is 49.5 Å². The zero-order valence-corrected chi connectivity index (χ0v) is 22.5. The van der Waals surface area contributed by atoms with E-state index >= 15 is 0 Å². The number of hydrogen-bond acceptors (Lipinski definition) is 7. The average Bonchev–Trinajstić information content (AvgIpc) is 2.82. The van der Waals surface area contributed by atoms with Crippen molar-refractivity contribution in [1.29, 1.82) is 0 Å². The Balaban J connectivity index is 1.98. The largest absolute Gasteiger partial charge is 0.486 e. The first-order valence-electron chi connectivity index (χ1n) is 11.3. The van der Waals surface area contributed by atoms with Gasteiger partial charge in [-0.05, 0) is 56.8 Å². The number of rotatable bonds is 9. The van der Waals surface area contributed by atoms with Gasteiger partial charge in [0, 0.05) is 6.42 Å². The van der Waals surface area contributed by atoms with Crippen LogP contribution in [-0.4, -0.2) is 60.0 Å². The smallest absolute Gasteiger partial charge is 0.427 e. The second kappa shape index (κ2) is 10.9. The van der Waals surface area contributed by atoms with Gasteiger partial charge in [-0.25, -0.2) is 30.3 Å². The van der Waals surface area contributed by atoms with Gasteiger partial charge in [0.1, 0.15) is 11.9 Å². The lowest BCUT2D eigenvalue weighted by Gasteiger charge is -2.36. The average molecular weight is 601 g/mol. The number of anilines is 1. The van der Waals surface area contributed by atoms with E-state index in [2.05, 4.69) is 9.46 Å². The number of carbonyl (C=O) groups is 1. The summed E-state index contributed by atoms with van der Waals surface area (Å²) in [5.74, 6) is -4.41. The fourth-order valence-electron chi connectivity index (χ4n) is 3.54. The molecule has 2 aromatic rings. The fraction of sp³-hybridized carbons (Fsp3) is 0.435. The van der Waals surface area contributed by atoms with Gasteiger partial charge in [-0.3, -0.25) is 9.10 Å². The van der Waals surface area contributed by atoms with Gasteiger partial charge in [-0.1, -0.05) is 6.07 Å². The highest BCUT2D eigenvalue weighted by Gasteiger charge is 2.50. The standard InChI is InChI=1S/C23H25F5N2O7S2/c1-22(2,23(26,27)28)37-21(31)11-14-4-7-20-19(10-14)30(13-15(36-20)8-9-38(32,33)29-3)39(34,35)16-5-6-17(24)18(25)12-16/h4-7,10,12,15,29H,8-9,11,13H2,1-3H3/t15-/m0/s1. The minimum Gasteiger partial charge on any atom is -0.486 e. The SMILES string of the molecule is CNS(=O)(=O)CC[C@H]1CN(S(=O)(=O)c2ccc(F)c(F)c2)c2cc(CC(=O)OC(C)(C)C(F)(F)F)ccc2O1. The Morgan fingerprint density at radius 1 is 1.08 bits per heavy atom. The molecule has 216 valence electrons. The molecule has 39 heavy (non-hydrogen) atoms. The van der Waals surface area contributed by atoms with Crippen LogP contribution in [0.3, 0.4) is 0 Å². The molecule has 0 aromatic heterocycles. The molecule has 3 rings (SSSR count). The summed E-state index contributed by atoms with van der Waals surface area (Å²) in [5.41, 5.74) is -2.85. The number of nitrogens with one attached hydrogen (secondary N) is 1. The second-order valence-electron chi connectivity index (χ2n) is 9.12. The van der Waals surface area contributed by atoms with Gasteiger partial charge >= 0.3 is 12.1 Å². The van der Waals surface area contributed by atoms with Gasteiger partial charge in [-0.15, -0.1) is 0 Å². The quantitative estimate of drug-likeness (QED) is 0.347. The number of benzene rings is 2. The van der Waals surface area contributed by atoms with Gasteiger partial charge in [0.25, 0.3) is 10.0 Å². The highest BCUT2D eigenvalue weighted by Crippen LogP contribution is 2.39. The van der Waals surface area contributed by atoms with Crippen molar-refractivity contribution in [2.24, 2.45) is 0 Å². The third kappa shape index (κ3) is 6.97. The van der Waals surface area contributed by atoms with E-state index in [1.807, 2.05) is 0 Å². The molecule has 1 N–H and O–H groups in total. The molecule has 1 heterocycles. The van der Waals surface area contributed by atoms with Crippen molar-refractivity contribution in [3.8, 4) is 5.75 Å². The molecule has 0 bridgehead atoms. The molecular formula is C23H25F5N2O7S2. The van der Waals surface area contributed by atoms with Gasteiger partial charge in [-0.2, -0.15) is 13.2 Å². The molecule has 16 heteroatoms. The Morgan fingerprint density at radius 3 is 2.33 bits per heavy atom. The number of fused-ring (bicyclic) bond motifs is 1. The second-order valence-corrected chi connectivity index (χ2v) is 13.0. The van der Waals surface area contributed by atoms with Crippen LogP contribution >= 0.6 is 0 Å². The van der Waals surface area contributed by atoms with Crippen molar-refractivity contribution in [1.82, 2.24) is 4.72 Å². The van der Waals surface area contributed by atoms with Crippen LogP contribution in [-0.2, 0) is 36.0 Å². The maximum absolute atomic E-state index is 13.9. The molecule has 1 atom stereocenters. The normalized spacial score (nSPS) is 16.4. The summed E-state index contributed by atoms with van der Waals surface area (Å²) >= 11 is 0. The summed E-state index contributed by atoms with van der Waals surface area (Å²) in [6.07, 6.45) is -6.62. The summed E-state index contributed by atoms with van der Waals surface area (Å²) in [5, 5.41) is 0. The van der Waals surface area contributed by atoms with E-state index in [4.69, 9.17) is 4.74 Å². The monoisotopic (exact) mass is 600 g/mol. The lowest BCUT2D eigenvalue weighted by molar-refractivity contribution is -0.257. The number of hydrogen-bond donors (Lipinski definition) is 1. The third-order valence-corrected chi connectivity index (χ3v) is 9.02. The van der Waals surface area contributed by atoms with Gasteiger partial charge in [0.15, 0.2) is 11.6 Å². The topological polar surface area (TPSA) is 119 Å². The van der Waals surface area contributed by atoms with Crippen LogP contribution in [0.25, 0.3) is 0 Å². The van der Waals surface area contributed by atoms with Gasteiger partial charge < -0.3 is 9.47 Å². The molecule has 1 aliphatic rings. The molecule has 0 amide bonds. The highest BCUT2D eigenvalue weighted by molar-refractivity contribution is 7.92. The molecule has 0 radical (unpaired) electrons. The van der Waals surface area contributed by atoms with Crippen molar-refractivity contribution in [3.05, 3.63) is 53.6 Å². The summed E-state index contributed by atoms with van der Waals surface area (Å²) in [7, 11) is -7.06. The number of nitrogens with zero attached hydrogens (tertiary/aromatic N) is 1. The molecule has 9 nitrogen and oxygen atoms in total. The Labute approximate surface area is 222 Å². The predicted octanol–water partition coefficient (Wildman–Crippen LogP) is 3.29. The summed E-state index contributed by atoms with van der Waals surface area (Å²) in [4.78, 5) is 11.6. The Kier molecular flexibility index (Phi) is 8.53. The highest BCUT2D eigenvalue weighted by atomic mass is 32.2. The molecule has 0 unspecified atom stereocenters. The van der Waals surface area contributed by atoms with Crippen molar-refractivity contribution < 1.29 is 53.1 Å². The molecule has 0 saturated carbocycles. The minimum absolute atomic E-state index is 0.0491. The van der Waals surface area contributed by atoms with Crippen molar-refractivity contribution >= 4 is 31.7 Å². The molecule has 0 saturated heterocycles. The Hall–Kier alpha value is -2.98. The van der Waals surface area contributed by atoms with Crippen LogP contribution in [0.1, 0.15) is 25.8 Å². The van der Waals surface area contributed by atoms with Crippen LogP contribution in [0.15, 0.2) is 41.3 Å². The number of sulfonamides is 2. The molecule has 0 spiro atoms. The zero-order valence-electron chi connectivity index (χ0n) is 20.9. The van der Waals surface area contributed by atoms with Crippen LogP contribution in [0.2, 0.25) is 0 Å². The van der Waals surface area contributed by atoms with E-state index in [1.54, 1.807) is 0 Å². The van der Waals surface area contributed by atoms with Gasteiger partial charge in [0.2, 0.25) is 15.6 Å². The lowest BCUT2D eigenvalue weighted by Crippen LogP contribution is -2.44. The molecule has 0 fully saturated rings. The van der Waals surface area contributed by atoms with Crippen LogP contribution in [0, 0.1) is 11.6 Å². The molecule has 0 aliphatic carbocycles. The maximum atomic E-state index is 13.9. The van der Waals surface area contributed by atoms with E-state index in [1.165, 1.54) is 25.2 Å². The van der Waals surface area contributed by atoms with Gasteiger partial charge in [0.05, 0.1) is 29.3 Å². The van der Waals surface area contributed by atoms with Crippen LogP contribution in [0.5, 0.6) is 5.75 Å². The minimum atomic E-state index is -4.84. The first-order valence-corrected chi connectivity index (χ1v) is 14.4. The summed E-state index contributed by atoms with van der Waals surface area (Å²) in [6, 6.07) is 5.67. The predicted molar refractivity (Wildman–Crippen MR) is 129 cm³/mol. The third-order valence-electron chi connectivity index (χ3n) is 5.85. The summed E-state index contributed by atoms with van der Waals surface area (Å²) < 4.78 is 131. The maximum Gasteiger partial charge on any atom is 0.427 e. The van der Waals surface area contributed by atoms with Crippen LogP contribution in [0.4, 0.5) is 27.6 Å². The Morgan fingerprint density at radius 2 is 1.74 bits per heavy atom. The van der Waals surface area contributed by atoms with Crippen LogP contribution < -0.4 is 13.8 Å². The first kappa shape index (κ1) is 30.6. The van der Waals surface area contributed by atoms with E-state index in [0.29, 0.717) is 26.0 Å². The number of esters is 1. The van der Waals surface area contributed by atoms with E-state index in [-0.39, 0.29) is 23.4 Å². The van der Waals surface area contributed by atoms with E-state index < -0.39 is 79.1 Å². The zero-order chi connectivity index (χ0) is 29.4. The number of ether oxygens (including phenoxy) is 2. The Bertz CT molecular complexity index is 1460. The number of carbonyl (C=O) groups excluding carboxylic acids is 1. The molecular weight excluding hydrogens is 575 g/mol.